The number of aryl methyl sites for hydroxylation is 2. The minimum Gasteiger partial charge on any atom is -0.495 e. The Morgan fingerprint density at radius 1 is 1.29 bits per heavy atom. The van der Waals surface area contributed by atoms with E-state index in [4.69, 9.17) is 4.74 Å². The van der Waals surface area contributed by atoms with Crippen LogP contribution in [0.25, 0.3) is 0 Å². The first kappa shape index (κ1) is 19.0. The zero-order valence-electron chi connectivity index (χ0n) is 14.1. The zero-order valence-corrected chi connectivity index (χ0v) is 15.7. The molecule has 1 aliphatic heterocycles. The normalized spacial score (nSPS) is 23.1. The van der Waals surface area contributed by atoms with E-state index in [1.807, 2.05) is 13.8 Å². The zero-order chi connectivity index (χ0) is 18.1. The van der Waals surface area contributed by atoms with E-state index < -0.39 is 31.0 Å². The van der Waals surface area contributed by atoms with Crippen molar-refractivity contribution in [1.29, 1.82) is 0 Å². The van der Waals surface area contributed by atoms with E-state index in [0.29, 0.717) is 6.54 Å². The molecule has 8 heteroatoms. The van der Waals surface area contributed by atoms with Gasteiger partial charge in [-0.1, -0.05) is 6.08 Å². The Morgan fingerprint density at radius 2 is 1.92 bits per heavy atom. The fourth-order valence-electron chi connectivity index (χ4n) is 2.85. The third kappa shape index (κ3) is 3.65. The topological polar surface area (TPSA) is 89.5 Å². The summed E-state index contributed by atoms with van der Waals surface area (Å²) >= 11 is 0. The second kappa shape index (κ2) is 6.85. The number of nitrogens with one attached hydrogen (secondary N) is 1. The van der Waals surface area contributed by atoms with Crippen molar-refractivity contribution in [2.45, 2.75) is 30.0 Å². The van der Waals surface area contributed by atoms with Crippen LogP contribution in [-0.4, -0.2) is 53.3 Å². The van der Waals surface area contributed by atoms with Crippen molar-refractivity contribution >= 4 is 19.7 Å². The summed E-state index contributed by atoms with van der Waals surface area (Å²) in [5.41, 5.74) is 1.72. The van der Waals surface area contributed by atoms with Crippen LogP contribution in [0, 0.1) is 13.8 Å². The van der Waals surface area contributed by atoms with Gasteiger partial charge < -0.3 is 10.1 Å². The van der Waals surface area contributed by atoms with Crippen molar-refractivity contribution in [2.24, 2.45) is 0 Å². The molecule has 2 atom stereocenters. The van der Waals surface area contributed by atoms with Crippen molar-refractivity contribution in [2.75, 3.05) is 25.2 Å². The molecule has 2 rings (SSSR count). The van der Waals surface area contributed by atoms with Crippen molar-refractivity contribution in [1.82, 2.24) is 5.32 Å². The van der Waals surface area contributed by atoms with Crippen LogP contribution in [0.2, 0.25) is 0 Å². The van der Waals surface area contributed by atoms with Crippen LogP contribution < -0.4 is 10.1 Å². The number of hydrogen-bond acceptors (Lipinski definition) is 6. The minimum absolute atomic E-state index is 0.0422. The maximum atomic E-state index is 13.1. The lowest BCUT2D eigenvalue weighted by Crippen LogP contribution is -2.43. The molecule has 6 nitrogen and oxygen atoms in total. The minimum atomic E-state index is -3.87. The van der Waals surface area contributed by atoms with Crippen molar-refractivity contribution in [3.8, 4) is 5.75 Å². The molecular weight excluding hydrogens is 350 g/mol. The molecule has 0 aromatic heterocycles. The van der Waals surface area contributed by atoms with Crippen molar-refractivity contribution < 1.29 is 21.6 Å². The van der Waals surface area contributed by atoms with E-state index in [1.165, 1.54) is 7.11 Å². The molecule has 1 aromatic carbocycles. The Bertz CT molecular complexity index is 843. The van der Waals surface area contributed by atoms with Crippen LogP contribution in [0.5, 0.6) is 5.75 Å². The highest BCUT2D eigenvalue weighted by Gasteiger charge is 2.46. The SMILES string of the molecule is C=CCN[C@H]1CS(=O)(=O)C[C@@H]1S(=O)(=O)c1cc(C)c(C)cc1OC. The molecule has 1 fully saturated rings. The largest absolute Gasteiger partial charge is 0.495 e. The van der Waals surface area contributed by atoms with Gasteiger partial charge in [0.15, 0.2) is 19.7 Å². The maximum absolute atomic E-state index is 13.1. The first-order chi connectivity index (χ1) is 11.1. The van der Waals surface area contributed by atoms with Crippen LogP contribution in [0.15, 0.2) is 29.7 Å². The molecule has 1 saturated heterocycles. The number of sulfone groups is 2. The number of ether oxygens (including phenoxy) is 1. The summed E-state index contributed by atoms with van der Waals surface area (Å²) in [6.45, 7) is 7.59. The third-order valence-corrected chi connectivity index (χ3v) is 8.48. The summed E-state index contributed by atoms with van der Waals surface area (Å²) in [4.78, 5) is 0.0422. The second-order valence-electron chi connectivity index (χ2n) is 6.05. The summed E-state index contributed by atoms with van der Waals surface area (Å²) in [5.74, 6) is -0.345. The molecule has 1 N–H and O–H groups in total. The molecule has 24 heavy (non-hydrogen) atoms. The molecule has 0 amide bonds. The summed E-state index contributed by atoms with van der Waals surface area (Å²) < 4.78 is 55.5. The Balaban J connectivity index is 2.52. The van der Waals surface area contributed by atoms with Gasteiger partial charge in [0.25, 0.3) is 0 Å². The smallest absolute Gasteiger partial charge is 0.187 e. The summed E-state index contributed by atoms with van der Waals surface area (Å²) in [6.07, 6.45) is 1.57. The Kier molecular flexibility index (Phi) is 5.41. The highest BCUT2D eigenvalue weighted by atomic mass is 32.2. The molecule has 0 spiro atoms. The Morgan fingerprint density at radius 3 is 2.50 bits per heavy atom. The first-order valence-corrected chi connectivity index (χ1v) is 10.9. The van der Waals surface area contributed by atoms with Crippen molar-refractivity contribution in [3.63, 3.8) is 0 Å². The van der Waals surface area contributed by atoms with Gasteiger partial charge in [-0.15, -0.1) is 6.58 Å². The Labute approximate surface area is 143 Å². The standard InChI is InChI=1S/C16H23NO5S2/c1-5-6-17-13-9-23(18,19)10-16(13)24(20,21)15-8-12(3)11(2)7-14(15)22-4/h5,7-8,13,16-17H,1,6,9-10H2,2-4H3/t13-,16-/m0/s1. The first-order valence-electron chi connectivity index (χ1n) is 7.56. The van der Waals surface area contributed by atoms with Gasteiger partial charge in [-0.2, -0.15) is 0 Å². The quantitative estimate of drug-likeness (QED) is 0.749. The van der Waals surface area contributed by atoms with E-state index in [0.717, 1.165) is 11.1 Å². The molecule has 134 valence electrons. The molecule has 1 aliphatic rings. The molecule has 0 aliphatic carbocycles. The number of benzene rings is 1. The van der Waals surface area contributed by atoms with Gasteiger partial charge in [-0.25, -0.2) is 16.8 Å². The molecule has 0 saturated carbocycles. The number of rotatable bonds is 6. The number of methoxy groups -OCH3 is 1. The fraction of sp³-hybridized carbons (Fsp3) is 0.500. The van der Waals surface area contributed by atoms with Gasteiger partial charge in [0.1, 0.15) is 10.6 Å². The average Bonchev–Trinajstić information content (AvgIpc) is 2.83. The van der Waals surface area contributed by atoms with E-state index in [9.17, 15) is 16.8 Å². The van der Waals surface area contributed by atoms with Crippen LogP contribution in [0.4, 0.5) is 0 Å². The lowest BCUT2D eigenvalue weighted by molar-refractivity contribution is 0.401. The maximum Gasteiger partial charge on any atom is 0.187 e. The highest BCUT2D eigenvalue weighted by Crippen LogP contribution is 2.33. The molecular formula is C16H23NO5S2. The van der Waals surface area contributed by atoms with Crippen LogP contribution in [-0.2, 0) is 19.7 Å². The third-order valence-electron chi connectivity index (χ3n) is 4.31. The van der Waals surface area contributed by atoms with E-state index in [2.05, 4.69) is 11.9 Å². The lowest BCUT2D eigenvalue weighted by Gasteiger charge is -2.21. The van der Waals surface area contributed by atoms with Crippen LogP contribution >= 0.6 is 0 Å². The molecule has 1 aromatic rings. The van der Waals surface area contributed by atoms with E-state index >= 15 is 0 Å². The van der Waals surface area contributed by atoms with Gasteiger partial charge in [0.05, 0.1) is 23.9 Å². The van der Waals surface area contributed by atoms with Gasteiger partial charge in [-0.05, 0) is 37.1 Å². The predicted octanol–water partition coefficient (Wildman–Crippen LogP) is 1.03. The van der Waals surface area contributed by atoms with E-state index in [-0.39, 0.29) is 22.2 Å². The molecule has 0 bridgehead atoms. The summed E-state index contributed by atoms with van der Waals surface area (Å²) in [6, 6.07) is 2.56. The van der Waals surface area contributed by atoms with E-state index in [1.54, 1.807) is 18.2 Å². The lowest BCUT2D eigenvalue weighted by atomic mass is 10.1. The Hall–Kier alpha value is -1.38. The average molecular weight is 373 g/mol. The summed E-state index contributed by atoms with van der Waals surface area (Å²) in [5, 5.41) is 1.92. The van der Waals surface area contributed by atoms with Crippen molar-refractivity contribution in [3.05, 3.63) is 35.9 Å². The molecule has 0 unspecified atom stereocenters. The fourth-order valence-corrected chi connectivity index (χ4v) is 7.80. The highest BCUT2D eigenvalue weighted by molar-refractivity contribution is 7.96. The predicted molar refractivity (Wildman–Crippen MR) is 94.1 cm³/mol. The van der Waals surface area contributed by atoms with Crippen LogP contribution in [0.1, 0.15) is 11.1 Å². The van der Waals surface area contributed by atoms with Gasteiger partial charge in [-0.3, -0.25) is 0 Å². The monoisotopic (exact) mass is 373 g/mol. The molecule has 1 heterocycles. The van der Waals surface area contributed by atoms with Gasteiger partial charge in [0, 0.05) is 12.6 Å². The van der Waals surface area contributed by atoms with Crippen LogP contribution in [0.3, 0.4) is 0 Å². The molecule has 0 radical (unpaired) electrons. The second-order valence-corrected chi connectivity index (χ2v) is 10.3. The van der Waals surface area contributed by atoms with Gasteiger partial charge in [0.2, 0.25) is 0 Å². The van der Waals surface area contributed by atoms with Gasteiger partial charge >= 0.3 is 0 Å². The summed E-state index contributed by atoms with van der Waals surface area (Å²) in [7, 11) is -5.89. The number of hydrogen-bond donors (Lipinski definition) is 1.